The highest BCUT2D eigenvalue weighted by Gasteiger charge is 2.03. The summed E-state index contributed by atoms with van der Waals surface area (Å²) in [7, 11) is 3.16. The molecule has 0 spiro atoms. The minimum atomic E-state index is 0.193. The van der Waals surface area contributed by atoms with Crippen molar-refractivity contribution in [3.8, 4) is 17.2 Å². The molecule has 19 heavy (non-hydrogen) atoms. The number of phenols is 1. The van der Waals surface area contributed by atoms with Crippen LogP contribution in [0.2, 0.25) is 0 Å². The number of nitrogens with zero attached hydrogens (tertiary/aromatic N) is 2. The molecule has 0 aromatic heterocycles. The summed E-state index contributed by atoms with van der Waals surface area (Å²) >= 11 is 0. The molecule has 0 aliphatic carbocycles. The summed E-state index contributed by atoms with van der Waals surface area (Å²) in [4.78, 5) is 0. The summed E-state index contributed by atoms with van der Waals surface area (Å²) in [5, 5.41) is 17.4. The fourth-order valence-electron chi connectivity index (χ4n) is 1.51. The number of methoxy groups -OCH3 is 2. The van der Waals surface area contributed by atoms with Gasteiger partial charge in [0.05, 0.1) is 19.9 Å². The van der Waals surface area contributed by atoms with Crippen LogP contribution < -0.4 is 9.47 Å². The van der Waals surface area contributed by atoms with Crippen molar-refractivity contribution < 1.29 is 14.6 Å². The van der Waals surface area contributed by atoms with E-state index in [1.54, 1.807) is 56.7 Å². The first-order chi connectivity index (χ1) is 9.22. The Morgan fingerprint density at radius 2 is 1.63 bits per heavy atom. The lowest BCUT2D eigenvalue weighted by Gasteiger charge is -2.05. The van der Waals surface area contributed by atoms with Crippen LogP contribution in [0.5, 0.6) is 17.2 Å². The van der Waals surface area contributed by atoms with Crippen LogP contribution in [0, 0.1) is 0 Å². The smallest absolute Gasteiger partial charge is 0.146 e. The van der Waals surface area contributed by atoms with Gasteiger partial charge in [0, 0.05) is 6.07 Å². The minimum Gasteiger partial charge on any atom is -0.508 e. The van der Waals surface area contributed by atoms with Crippen LogP contribution in [0.3, 0.4) is 0 Å². The van der Waals surface area contributed by atoms with Crippen LogP contribution in [0.25, 0.3) is 0 Å². The molecule has 5 nitrogen and oxygen atoms in total. The Morgan fingerprint density at radius 1 is 0.895 bits per heavy atom. The second-order valence-corrected chi connectivity index (χ2v) is 3.75. The SMILES string of the molecule is COc1ccc(OC)c(N=Nc2ccc(O)cc2)c1. The quantitative estimate of drug-likeness (QED) is 0.848. The van der Waals surface area contributed by atoms with Crippen LogP contribution in [-0.2, 0) is 0 Å². The van der Waals surface area contributed by atoms with E-state index in [-0.39, 0.29) is 5.75 Å². The fraction of sp³-hybridized carbons (Fsp3) is 0.143. The van der Waals surface area contributed by atoms with Crippen LogP contribution >= 0.6 is 0 Å². The number of azo groups is 1. The van der Waals surface area contributed by atoms with Gasteiger partial charge in [-0.2, -0.15) is 5.11 Å². The summed E-state index contributed by atoms with van der Waals surface area (Å²) in [6.07, 6.45) is 0. The van der Waals surface area contributed by atoms with Crippen molar-refractivity contribution >= 4 is 11.4 Å². The monoisotopic (exact) mass is 258 g/mol. The highest BCUT2D eigenvalue weighted by Crippen LogP contribution is 2.32. The van der Waals surface area contributed by atoms with Crippen LogP contribution in [0.15, 0.2) is 52.7 Å². The van der Waals surface area contributed by atoms with E-state index in [4.69, 9.17) is 9.47 Å². The molecule has 0 saturated carbocycles. The molecule has 0 bridgehead atoms. The first-order valence-corrected chi connectivity index (χ1v) is 5.65. The molecule has 0 fully saturated rings. The molecule has 98 valence electrons. The third kappa shape index (κ3) is 3.22. The van der Waals surface area contributed by atoms with Gasteiger partial charge >= 0.3 is 0 Å². The van der Waals surface area contributed by atoms with E-state index in [1.807, 2.05) is 0 Å². The molecule has 2 aromatic rings. The second kappa shape index (κ2) is 5.86. The molecule has 2 aromatic carbocycles. The lowest BCUT2D eigenvalue weighted by molar-refractivity contribution is 0.404. The number of phenolic OH excluding ortho intramolecular Hbond substituents is 1. The van der Waals surface area contributed by atoms with Crippen molar-refractivity contribution in [1.29, 1.82) is 0 Å². The van der Waals surface area contributed by atoms with Gasteiger partial charge in [-0.3, -0.25) is 0 Å². The average Bonchev–Trinajstić information content (AvgIpc) is 2.46. The maximum absolute atomic E-state index is 9.18. The Hall–Kier alpha value is -2.56. The molecule has 0 atom stereocenters. The zero-order valence-electron chi connectivity index (χ0n) is 10.7. The highest BCUT2D eigenvalue weighted by atomic mass is 16.5. The molecule has 0 saturated heterocycles. The summed E-state index contributed by atoms with van der Waals surface area (Å²) in [6.45, 7) is 0. The normalized spacial score (nSPS) is 10.6. The molecule has 0 radical (unpaired) electrons. The molecular formula is C14H14N2O3. The van der Waals surface area contributed by atoms with Gasteiger partial charge in [0.2, 0.25) is 0 Å². The van der Waals surface area contributed by atoms with Crippen molar-refractivity contribution in [1.82, 2.24) is 0 Å². The van der Waals surface area contributed by atoms with E-state index >= 15 is 0 Å². The number of ether oxygens (including phenoxy) is 2. The summed E-state index contributed by atoms with van der Waals surface area (Å²) in [6, 6.07) is 11.7. The van der Waals surface area contributed by atoms with Gasteiger partial charge in [0.25, 0.3) is 0 Å². The minimum absolute atomic E-state index is 0.193. The van der Waals surface area contributed by atoms with Crippen LogP contribution in [0.4, 0.5) is 11.4 Å². The summed E-state index contributed by atoms with van der Waals surface area (Å²) in [5.74, 6) is 1.49. The van der Waals surface area contributed by atoms with Gasteiger partial charge in [-0.05, 0) is 36.4 Å². The summed E-state index contributed by atoms with van der Waals surface area (Å²) < 4.78 is 10.3. The molecule has 0 aliphatic heterocycles. The summed E-state index contributed by atoms with van der Waals surface area (Å²) in [5.41, 5.74) is 1.22. The molecule has 1 N–H and O–H groups in total. The number of hydrogen-bond acceptors (Lipinski definition) is 5. The van der Waals surface area contributed by atoms with E-state index in [0.29, 0.717) is 22.9 Å². The number of hydrogen-bond donors (Lipinski definition) is 1. The Morgan fingerprint density at radius 3 is 2.26 bits per heavy atom. The number of benzene rings is 2. The second-order valence-electron chi connectivity index (χ2n) is 3.75. The van der Waals surface area contributed by atoms with Gasteiger partial charge < -0.3 is 14.6 Å². The number of aromatic hydroxyl groups is 1. The average molecular weight is 258 g/mol. The first kappa shape index (κ1) is 12.9. The van der Waals surface area contributed by atoms with Crippen molar-refractivity contribution in [2.45, 2.75) is 0 Å². The lowest BCUT2D eigenvalue weighted by atomic mass is 10.3. The Bertz CT molecular complexity index is 580. The molecule has 2 rings (SSSR count). The molecule has 5 heteroatoms. The van der Waals surface area contributed by atoms with Crippen LogP contribution in [0.1, 0.15) is 0 Å². The number of rotatable bonds is 4. The van der Waals surface area contributed by atoms with E-state index in [9.17, 15) is 5.11 Å². The zero-order chi connectivity index (χ0) is 13.7. The molecule has 0 unspecified atom stereocenters. The largest absolute Gasteiger partial charge is 0.508 e. The third-order valence-corrected chi connectivity index (χ3v) is 2.51. The first-order valence-electron chi connectivity index (χ1n) is 5.65. The topological polar surface area (TPSA) is 63.4 Å². The highest BCUT2D eigenvalue weighted by molar-refractivity contribution is 5.55. The fourth-order valence-corrected chi connectivity index (χ4v) is 1.51. The van der Waals surface area contributed by atoms with Gasteiger partial charge in [0.1, 0.15) is 22.9 Å². The van der Waals surface area contributed by atoms with Crippen molar-refractivity contribution in [3.05, 3.63) is 42.5 Å². The van der Waals surface area contributed by atoms with Gasteiger partial charge in [-0.25, -0.2) is 0 Å². The van der Waals surface area contributed by atoms with Crippen LogP contribution in [-0.4, -0.2) is 19.3 Å². The van der Waals surface area contributed by atoms with E-state index in [2.05, 4.69) is 10.2 Å². The van der Waals surface area contributed by atoms with Gasteiger partial charge in [-0.15, -0.1) is 5.11 Å². The predicted octanol–water partition coefficient (Wildman–Crippen LogP) is 3.82. The van der Waals surface area contributed by atoms with Gasteiger partial charge in [-0.1, -0.05) is 0 Å². The molecule has 0 heterocycles. The Kier molecular flexibility index (Phi) is 3.97. The predicted molar refractivity (Wildman–Crippen MR) is 71.8 cm³/mol. The third-order valence-electron chi connectivity index (χ3n) is 2.51. The standard InChI is InChI=1S/C14H14N2O3/c1-18-12-7-8-14(19-2)13(9-12)16-15-10-3-5-11(17)6-4-10/h3-9,17H,1-2H3. The van der Waals surface area contributed by atoms with Crippen molar-refractivity contribution in [3.63, 3.8) is 0 Å². The molecule has 0 amide bonds. The molecule has 0 aliphatic rings. The Labute approximate surface area is 111 Å². The maximum atomic E-state index is 9.18. The van der Waals surface area contributed by atoms with Crippen molar-refractivity contribution in [2.75, 3.05) is 14.2 Å². The van der Waals surface area contributed by atoms with E-state index < -0.39 is 0 Å². The zero-order valence-corrected chi connectivity index (χ0v) is 10.7. The van der Waals surface area contributed by atoms with Gasteiger partial charge in [0.15, 0.2) is 0 Å². The van der Waals surface area contributed by atoms with Crippen molar-refractivity contribution in [2.24, 2.45) is 10.2 Å². The molecular weight excluding hydrogens is 244 g/mol. The Balaban J connectivity index is 2.28. The maximum Gasteiger partial charge on any atom is 0.146 e. The lowest BCUT2D eigenvalue weighted by Crippen LogP contribution is -1.86. The van der Waals surface area contributed by atoms with E-state index in [0.717, 1.165) is 0 Å². The van der Waals surface area contributed by atoms with E-state index in [1.165, 1.54) is 0 Å².